The van der Waals surface area contributed by atoms with Crippen molar-refractivity contribution in [1.82, 2.24) is 9.38 Å². The molecule has 0 atom stereocenters. The molecule has 1 aliphatic carbocycles. The van der Waals surface area contributed by atoms with Gasteiger partial charge in [-0.1, -0.05) is 37.5 Å². The largest absolute Gasteiger partial charge is 0.298 e. The van der Waals surface area contributed by atoms with Gasteiger partial charge in [0.15, 0.2) is 5.78 Å². The number of rotatable bonds is 2. The summed E-state index contributed by atoms with van der Waals surface area (Å²) in [5.74, 6) is 0.504. The molecule has 3 nitrogen and oxygen atoms in total. The lowest BCUT2D eigenvalue weighted by Gasteiger charge is -2.18. The number of benzene rings is 1. The van der Waals surface area contributed by atoms with E-state index in [-0.39, 0.29) is 11.7 Å². The molecule has 0 saturated heterocycles. The maximum absolute atomic E-state index is 12.6. The summed E-state index contributed by atoms with van der Waals surface area (Å²) in [5.41, 5.74) is 2.15. The van der Waals surface area contributed by atoms with Crippen LogP contribution in [-0.4, -0.2) is 15.2 Å². The number of carbonyl (C=O) groups is 1. The van der Waals surface area contributed by atoms with Crippen LogP contribution in [0.25, 0.3) is 22.5 Å². The fourth-order valence-electron chi connectivity index (χ4n) is 3.53. The second kappa shape index (κ2) is 4.99. The van der Waals surface area contributed by atoms with Gasteiger partial charge in [0.25, 0.3) is 0 Å². The summed E-state index contributed by atoms with van der Waals surface area (Å²) in [7, 11) is 0. The Balaban J connectivity index is 1.89. The van der Waals surface area contributed by atoms with Crippen LogP contribution in [0.1, 0.15) is 32.1 Å². The van der Waals surface area contributed by atoms with E-state index in [2.05, 4.69) is 21.5 Å². The Bertz CT molecular complexity index is 856. The van der Waals surface area contributed by atoms with Crippen LogP contribution in [0.15, 0.2) is 36.8 Å². The van der Waals surface area contributed by atoms with Crippen molar-refractivity contribution >= 4 is 28.3 Å². The molecule has 2 heterocycles. The van der Waals surface area contributed by atoms with Gasteiger partial charge in [0.2, 0.25) is 0 Å². The second-order valence-corrected chi connectivity index (χ2v) is 5.96. The minimum atomic E-state index is 0.218. The van der Waals surface area contributed by atoms with Gasteiger partial charge in [-0.05, 0) is 25.0 Å². The standard InChI is InChI=1S/C18H18N2O/c21-18(13-6-2-1-3-7-13)10-15-14-8-4-5-9-16(14)20-12-19-11-17(15)20/h4-5,8-13H,1-3,6-7H2. The highest BCUT2D eigenvalue weighted by Gasteiger charge is 2.19. The summed E-state index contributed by atoms with van der Waals surface area (Å²) in [5, 5.41) is 2.16. The Morgan fingerprint density at radius 3 is 2.81 bits per heavy atom. The summed E-state index contributed by atoms with van der Waals surface area (Å²) >= 11 is 0. The van der Waals surface area contributed by atoms with Crippen molar-refractivity contribution in [2.45, 2.75) is 32.1 Å². The van der Waals surface area contributed by atoms with Gasteiger partial charge in [0.05, 0.1) is 23.6 Å². The second-order valence-electron chi connectivity index (χ2n) is 5.96. The van der Waals surface area contributed by atoms with Crippen LogP contribution in [-0.2, 0) is 4.79 Å². The highest BCUT2D eigenvalue weighted by molar-refractivity contribution is 6.10. The first-order valence-corrected chi connectivity index (χ1v) is 7.72. The zero-order valence-corrected chi connectivity index (χ0v) is 12.0. The van der Waals surface area contributed by atoms with Crippen molar-refractivity contribution < 1.29 is 4.79 Å². The Morgan fingerprint density at radius 1 is 1.14 bits per heavy atom. The number of para-hydroxylation sites is 1. The average Bonchev–Trinajstić information content (AvgIpc) is 3.11. The molecular formula is C18H18N2O. The predicted octanol–water partition coefficient (Wildman–Crippen LogP) is 3.14. The smallest absolute Gasteiger partial charge is 0.159 e. The van der Waals surface area contributed by atoms with Crippen LogP contribution in [0.2, 0.25) is 0 Å². The van der Waals surface area contributed by atoms with Crippen molar-refractivity contribution in [3.8, 4) is 0 Å². The third-order valence-corrected chi connectivity index (χ3v) is 4.66. The molecule has 1 fully saturated rings. The molecule has 3 aromatic rings. The number of aromatic nitrogens is 2. The van der Waals surface area contributed by atoms with Crippen molar-refractivity contribution in [2.75, 3.05) is 0 Å². The molecule has 0 unspecified atom stereocenters. The van der Waals surface area contributed by atoms with Crippen molar-refractivity contribution in [3.63, 3.8) is 0 Å². The molecule has 1 aliphatic rings. The first-order valence-electron chi connectivity index (χ1n) is 7.72. The fourth-order valence-corrected chi connectivity index (χ4v) is 3.53. The number of fused-ring (bicyclic) bond motifs is 3. The zero-order chi connectivity index (χ0) is 14.2. The normalized spacial score (nSPS) is 17.8. The number of Topliss-reactive ketones (excluding diaryl/α,β-unsaturated/α-hetero) is 1. The number of hydrogen-bond donors (Lipinski definition) is 0. The molecule has 0 radical (unpaired) electrons. The minimum Gasteiger partial charge on any atom is -0.298 e. The summed E-state index contributed by atoms with van der Waals surface area (Å²) in [6.45, 7) is 0. The molecule has 0 spiro atoms. The molecule has 1 aromatic carbocycles. The Morgan fingerprint density at radius 2 is 1.95 bits per heavy atom. The van der Waals surface area contributed by atoms with Crippen molar-refractivity contribution in [3.05, 3.63) is 42.0 Å². The first kappa shape index (κ1) is 12.6. The van der Waals surface area contributed by atoms with E-state index in [0.29, 0.717) is 0 Å². The van der Waals surface area contributed by atoms with Gasteiger partial charge in [0, 0.05) is 16.5 Å². The lowest BCUT2D eigenvalue weighted by atomic mass is 9.86. The van der Waals surface area contributed by atoms with Crippen LogP contribution >= 0.6 is 0 Å². The maximum Gasteiger partial charge on any atom is 0.159 e. The van der Waals surface area contributed by atoms with Gasteiger partial charge in [-0.25, -0.2) is 4.98 Å². The van der Waals surface area contributed by atoms with Gasteiger partial charge >= 0.3 is 0 Å². The molecular weight excluding hydrogens is 260 g/mol. The number of ketones is 1. The van der Waals surface area contributed by atoms with E-state index >= 15 is 0 Å². The molecule has 21 heavy (non-hydrogen) atoms. The monoisotopic (exact) mass is 278 g/mol. The minimum absolute atomic E-state index is 0.218. The lowest BCUT2D eigenvalue weighted by molar-refractivity contribution is -0.117. The van der Waals surface area contributed by atoms with E-state index < -0.39 is 0 Å². The first-order chi connectivity index (χ1) is 10.3. The molecule has 4 rings (SSSR count). The summed E-state index contributed by atoms with van der Waals surface area (Å²) in [6, 6.07) is 8.21. The Labute approximate surface area is 123 Å². The molecule has 0 aliphatic heterocycles. The molecule has 0 bridgehead atoms. The summed E-state index contributed by atoms with van der Waals surface area (Å²) in [6.07, 6.45) is 11.3. The summed E-state index contributed by atoms with van der Waals surface area (Å²) in [4.78, 5) is 16.8. The van der Waals surface area contributed by atoms with Crippen LogP contribution < -0.4 is 5.22 Å². The number of hydrogen-bond acceptors (Lipinski definition) is 2. The van der Waals surface area contributed by atoms with Crippen LogP contribution in [0.4, 0.5) is 0 Å². The van der Waals surface area contributed by atoms with Crippen LogP contribution in [0.5, 0.6) is 0 Å². The van der Waals surface area contributed by atoms with E-state index in [1.165, 1.54) is 19.3 Å². The van der Waals surface area contributed by atoms with Crippen LogP contribution in [0.3, 0.4) is 0 Å². The molecule has 3 heteroatoms. The van der Waals surface area contributed by atoms with Gasteiger partial charge in [-0.15, -0.1) is 0 Å². The predicted molar refractivity (Wildman–Crippen MR) is 84.0 cm³/mol. The SMILES string of the molecule is O=C(C=c1c2ccccc2n2cncc12)C1CCCCC1. The average molecular weight is 278 g/mol. The number of imidazole rings is 1. The highest BCUT2D eigenvalue weighted by Crippen LogP contribution is 2.25. The fraction of sp³-hybridized carbons (Fsp3) is 0.333. The molecule has 2 aromatic heterocycles. The Kier molecular flexibility index (Phi) is 2.99. The summed E-state index contributed by atoms with van der Waals surface area (Å²) < 4.78 is 2.06. The highest BCUT2D eigenvalue weighted by atomic mass is 16.1. The number of nitrogens with zero attached hydrogens (tertiary/aromatic N) is 2. The molecule has 0 amide bonds. The van der Waals surface area contributed by atoms with Gasteiger partial charge in [-0.2, -0.15) is 0 Å². The molecule has 1 saturated carbocycles. The van der Waals surface area contributed by atoms with Crippen molar-refractivity contribution in [1.29, 1.82) is 0 Å². The Hall–Kier alpha value is -2.16. The van der Waals surface area contributed by atoms with E-state index in [9.17, 15) is 4.79 Å². The van der Waals surface area contributed by atoms with Crippen molar-refractivity contribution in [2.24, 2.45) is 5.92 Å². The van der Waals surface area contributed by atoms with Gasteiger partial charge < -0.3 is 0 Å². The van der Waals surface area contributed by atoms with Gasteiger partial charge in [-0.3, -0.25) is 9.20 Å². The maximum atomic E-state index is 12.6. The third-order valence-electron chi connectivity index (χ3n) is 4.66. The quantitative estimate of drug-likeness (QED) is 0.721. The van der Waals surface area contributed by atoms with E-state index in [0.717, 1.165) is 34.5 Å². The van der Waals surface area contributed by atoms with E-state index in [1.54, 1.807) is 0 Å². The zero-order valence-electron chi connectivity index (χ0n) is 12.0. The van der Waals surface area contributed by atoms with E-state index in [4.69, 9.17) is 0 Å². The third kappa shape index (κ3) is 2.04. The van der Waals surface area contributed by atoms with E-state index in [1.807, 2.05) is 30.7 Å². The van der Waals surface area contributed by atoms with Crippen LogP contribution in [0, 0.1) is 5.92 Å². The number of carbonyl (C=O) groups excluding carboxylic acids is 1. The molecule has 106 valence electrons. The molecule has 0 N–H and O–H groups in total. The van der Waals surface area contributed by atoms with Gasteiger partial charge in [0.1, 0.15) is 0 Å². The topological polar surface area (TPSA) is 34.4 Å². The lowest BCUT2D eigenvalue weighted by Crippen LogP contribution is -2.17.